The average Bonchev–Trinajstić information content (AvgIpc) is 2.64. The summed E-state index contributed by atoms with van der Waals surface area (Å²) in [4.78, 5) is 23.0. The van der Waals surface area contributed by atoms with Crippen molar-refractivity contribution < 1.29 is 9.18 Å². The van der Waals surface area contributed by atoms with Gasteiger partial charge in [-0.3, -0.25) is 4.79 Å². The molecule has 0 aliphatic carbocycles. The number of carbonyl (C=O) groups excluding carboxylic acids is 1. The van der Waals surface area contributed by atoms with Gasteiger partial charge < -0.3 is 10.2 Å². The van der Waals surface area contributed by atoms with Gasteiger partial charge >= 0.3 is 0 Å². The molecule has 1 aliphatic heterocycles. The lowest BCUT2D eigenvalue weighted by Crippen LogP contribution is -2.32. The maximum Gasteiger partial charge on any atom is 0.270 e. The molecule has 1 saturated heterocycles. The molecule has 24 heavy (non-hydrogen) atoms. The minimum absolute atomic E-state index is 0.249. The van der Waals surface area contributed by atoms with Crippen LogP contribution in [0.3, 0.4) is 0 Å². The van der Waals surface area contributed by atoms with E-state index in [-0.39, 0.29) is 11.7 Å². The summed E-state index contributed by atoms with van der Waals surface area (Å²) in [6.45, 7) is 2.22. The van der Waals surface area contributed by atoms with Crippen LogP contribution in [0.25, 0.3) is 0 Å². The number of halogens is 1. The highest BCUT2D eigenvalue weighted by Gasteiger charge is 2.15. The largest absolute Gasteiger partial charge is 0.350 e. The van der Waals surface area contributed by atoms with E-state index in [0.29, 0.717) is 30.2 Å². The first-order valence-corrected chi connectivity index (χ1v) is 8.33. The molecule has 0 atom stereocenters. The Morgan fingerprint density at radius 1 is 1.17 bits per heavy atom. The van der Waals surface area contributed by atoms with E-state index in [1.165, 1.54) is 12.5 Å². The predicted octanol–water partition coefficient (Wildman–Crippen LogP) is 2.58. The lowest BCUT2D eigenvalue weighted by atomic mass is 10.1. The van der Waals surface area contributed by atoms with Gasteiger partial charge in [-0.1, -0.05) is 18.2 Å². The summed E-state index contributed by atoms with van der Waals surface area (Å²) >= 11 is 0. The van der Waals surface area contributed by atoms with Gasteiger partial charge in [0.1, 0.15) is 11.5 Å². The molecule has 126 valence electrons. The third-order valence-electron chi connectivity index (χ3n) is 4.15. The zero-order chi connectivity index (χ0) is 16.8. The second-order valence-corrected chi connectivity index (χ2v) is 5.89. The van der Waals surface area contributed by atoms with E-state index in [0.717, 1.165) is 25.9 Å². The zero-order valence-electron chi connectivity index (χ0n) is 13.5. The van der Waals surface area contributed by atoms with E-state index in [9.17, 15) is 9.18 Å². The number of hydrogen-bond donors (Lipinski definition) is 1. The molecule has 2 aromatic rings. The number of anilines is 1. The van der Waals surface area contributed by atoms with Gasteiger partial charge in [0.15, 0.2) is 0 Å². The SMILES string of the molecule is O=C(NCCc1ccccc1F)c1ccnc(N2CCCCC2)n1. The van der Waals surface area contributed by atoms with Crippen molar-refractivity contribution in [1.82, 2.24) is 15.3 Å². The Labute approximate surface area is 140 Å². The van der Waals surface area contributed by atoms with E-state index in [2.05, 4.69) is 20.2 Å². The highest BCUT2D eigenvalue weighted by molar-refractivity contribution is 5.92. The minimum atomic E-state index is -0.257. The molecule has 0 unspecified atom stereocenters. The number of benzene rings is 1. The van der Waals surface area contributed by atoms with E-state index >= 15 is 0 Å². The molecular weight excluding hydrogens is 307 g/mol. The number of piperidine rings is 1. The van der Waals surface area contributed by atoms with Crippen molar-refractivity contribution in [1.29, 1.82) is 0 Å². The number of amides is 1. The molecule has 0 bridgehead atoms. The summed E-state index contributed by atoms with van der Waals surface area (Å²) in [5, 5.41) is 2.79. The summed E-state index contributed by atoms with van der Waals surface area (Å²) in [7, 11) is 0. The molecule has 2 heterocycles. The number of aromatic nitrogens is 2. The molecule has 0 saturated carbocycles. The van der Waals surface area contributed by atoms with Gasteiger partial charge in [0.05, 0.1) is 0 Å². The third kappa shape index (κ3) is 4.07. The third-order valence-corrected chi connectivity index (χ3v) is 4.15. The van der Waals surface area contributed by atoms with Gasteiger partial charge in [0, 0.05) is 25.8 Å². The number of nitrogens with one attached hydrogen (secondary N) is 1. The Hall–Kier alpha value is -2.50. The van der Waals surface area contributed by atoms with Crippen LogP contribution in [0.5, 0.6) is 0 Å². The van der Waals surface area contributed by atoms with Gasteiger partial charge in [-0.05, 0) is 43.4 Å². The van der Waals surface area contributed by atoms with Crippen LogP contribution in [0.1, 0.15) is 35.3 Å². The van der Waals surface area contributed by atoms with Crippen molar-refractivity contribution in [3.63, 3.8) is 0 Å². The maximum absolute atomic E-state index is 13.6. The van der Waals surface area contributed by atoms with Crippen molar-refractivity contribution >= 4 is 11.9 Å². The van der Waals surface area contributed by atoms with Crippen molar-refractivity contribution in [3.8, 4) is 0 Å². The second-order valence-electron chi connectivity index (χ2n) is 5.89. The van der Waals surface area contributed by atoms with Gasteiger partial charge in [-0.15, -0.1) is 0 Å². The van der Waals surface area contributed by atoms with Crippen LogP contribution in [0.4, 0.5) is 10.3 Å². The number of carbonyl (C=O) groups is 1. The minimum Gasteiger partial charge on any atom is -0.350 e. The molecule has 1 aromatic carbocycles. The normalized spacial score (nSPS) is 14.5. The lowest BCUT2D eigenvalue weighted by Gasteiger charge is -2.26. The van der Waals surface area contributed by atoms with Crippen LogP contribution < -0.4 is 10.2 Å². The summed E-state index contributed by atoms with van der Waals surface area (Å²) in [6.07, 6.45) is 5.54. The fourth-order valence-corrected chi connectivity index (χ4v) is 2.82. The van der Waals surface area contributed by atoms with Gasteiger partial charge in [-0.2, -0.15) is 0 Å². The molecule has 6 heteroatoms. The van der Waals surface area contributed by atoms with Crippen LogP contribution in [0.15, 0.2) is 36.5 Å². The van der Waals surface area contributed by atoms with E-state index in [1.807, 2.05) is 0 Å². The van der Waals surface area contributed by atoms with Crippen LogP contribution >= 0.6 is 0 Å². The number of hydrogen-bond acceptors (Lipinski definition) is 4. The van der Waals surface area contributed by atoms with Gasteiger partial charge in [0.2, 0.25) is 5.95 Å². The van der Waals surface area contributed by atoms with E-state index in [4.69, 9.17) is 0 Å². The molecule has 1 aromatic heterocycles. The first-order valence-electron chi connectivity index (χ1n) is 8.33. The highest BCUT2D eigenvalue weighted by atomic mass is 19.1. The molecule has 5 nitrogen and oxygen atoms in total. The molecule has 1 aliphatic rings. The molecule has 1 N–H and O–H groups in total. The first kappa shape index (κ1) is 16.4. The number of nitrogens with zero attached hydrogens (tertiary/aromatic N) is 3. The van der Waals surface area contributed by atoms with Gasteiger partial charge in [-0.25, -0.2) is 14.4 Å². The van der Waals surface area contributed by atoms with Crippen LogP contribution in [-0.4, -0.2) is 35.5 Å². The van der Waals surface area contributed by atoms with Crippen molar-refractivity contribution in [3.05, 3.63) is 53.6 Å². The highest BCUT2D eigenvalue weighted by Crippen LogP contribution is 2.15. The standard InChI is InChI=1S/C18H21FN4O/c19-15-7-3-2-6-14(15)8-10-20-17(24)16-9-11-21-18(22-16)23-12-4-1-5-13-23/h2-3,6-7,9,11H,1,4-5,8,10,12-13H2,(H,20,24). The molecule has 0 spiro atoms. The molecular formula is C18H21FN4O. The fourth-order valence-electron chi connectivity index (χ4n) is 2.82. The summed E-state index contributed by atoms with van der Waals surface area (Å²) in [6, 6.07) is 8.19. The molecule has 1 fully saturated rings. The van der Waals surface area contributed by atoms with Crippen LogP contribution in [-0.2, 0) is 6.42 Å². The lowest BCUT2D eigenvalue weighted by molar-refractivity contribution is 0.0949. The Balaban J connectivity index is 1.57. The van der Waals surface area contributed by atoms with E-state index < -0.39 is 0 Å². The van der Waals surface area contributed by atoms with Crippen molar-refractivity contribution in [2.24, 2.45) is 0 Å². The Morgan fingerprint density at radius 2 is 1.96 bits per heavy atom. The Kier molecular flexibility index (Phi) is 5.36. The van der Waals surface area contributed by atoms with Crippen LogP contribution in [0.2, 0.25) is 0 Å². The predicted molar refractivity (Wildman–Crippen MR) is 90.5 cm³/mol. The monoisotopic (exact) mass is 328 g/mol. The van der Waals surface area contributed by atoms with Crippen molar-refractivity contribution in [2.45, 2.75) is 25.7 Å². The summed E-state index contributed by atoms with van der Waals surface area (Å²) < 4.78 is 13.6. The van der Waals surface area contributed by atoms with Gasteiger partial charge in [0.25, 0.3) is 5.91 Å². The second kappa shape index (κ2) is 7.86. The quantitative estimate of drug-likeness (QED) is 0.916. The van der Waals surface area contributed by atoms with Crippen molar-refractivity contribution in [2.75, 3.05) is 24.5 Å². The zero-order valence-corrected chi connectivity index (χ0v) is 13.5. The Morgan fingerprint density at radius 3 is 2.75 bits per heavy atom. The summed E-state index contributed by atoms with van der Waals surface area (Å²) in [5.74, 6) is 0.102. The molecule has 0 radical (unpaired) electrons. The fraction of sp³-hybridized carbons (Fsp3) is 0.389. The van der Waals surface area contributed by atoms with Crippen LogP contribution in [0, 0.1) is 5.82 Å². The smallest absolute Gasteiger partial charge is 0.270 e. The molecule has 1 amide bonds. The summed E-state index contributed by atoms with van der Waals surface area (Å²) in [5.41, 5.74) is 0.939. The Bertz CT molecular complexity index is 701. The molecule has 3 rings (SSSR count). The first-order chi connectivity index (χ1) is 11.7. The average molecular weight is 328 g/mol. The number of rotatable bonds is 5. The maximum atomic E-state index is 13.6. The van der Waals surface area contributed by atoms with E-state index in [1.54, 1.807) is 30.5 Å². The topological polar surface area (TPSA) is 58.1 Å².